The van der Waals surface area contributed by atoms with E-state index >= 15 is 0 Å². The molecule has 4 nitrogen and oxygen atoms in total. The van der Waals surface area contributed by atoms with Crippen LogP contribution in [0.5, 0.6) is 0 Å². The highest BCUT2D eigenvalue weighted by Gasteiger charge is 2.09. The van der Waals surface area contributed by atoms with E-state index in [1.54, 1.807) is 18.5 Å². The topological polar surface area (TPSA) is 49.8 Å². The van der Waals surface area contributed by atoms with Crippen molar-refractivity contribution in [1.82, 2.24) is 9.97 Å². The van der Waals surface area contributed by atoms with Crippen LogP contribution >= 0.6 is 0 Å². The number of benzene rings is 1. The molecule has 21 heavy (non-hydrogen) atoms. The van der Waals surface area contributed by atoms with E-state index in [1.165, 1.54) is 6.07 Å². The molecule has 112 valence electrons. The average Bonchev–Trinajstić information content (AvgIpc) is 2.49. The third-order valence-corrected chi connectivity index (χ3v) is 3.28. The van der Waals surface area contributed by atoms with Crippen LogP contribution in [0.15, 0.2) is 30.6 Å². The number of nitrogens with zero attached hydrogens (tertiary/aromatic N) is 2. The van der Waals surface area contributed by atoms with Gasteiger partial charge in [0.15, 0.2) is 0 Å². The van der Waals surface area contributed by atoms with Crippen molar-refractivity contribution < 1.29 is 4.39 Å². The highest BCUT2D eigenvalue weighted by Crippen LogP contribution is 2.21. The van der Waals surface area contributed by atoms with E-state index in [9.17, 15) is 4.39 Å². The number of rotatable bonds is 7. The molecule has 2 rings (SSSR count). The SMILES string of the molecule is CCCc1c(NC)ncnc1NCCc1cccc(F)c1. The molecule has 2 aromatic rings. The standard InChI is InChI=1S/C16H21FN4/c1-3-5-14-15(18-2)20-11-21-16(14)19-9-8-12-6-4-7-13(17)10-12/h4,6-7,10-11H,3,5,8-9H2,1-2H3,(H2,18,19,20,21). The average molecular weight is 288 g/mol. The van der Waals surface area contributed by atoms with Gasteiger partial charge in [-0.1, -0.05) is 25.5 Å². The fourth-order valence-corrected chi connectivity index (χ4v) is 2.28. The van der Waals surface area contributed by atoms with Crippen molar-refractivity contribution in [2.45, 2.75) is 26.2 Å². The lowest BCUT2D eigenvalue weighted by Crippen LogP contribution is -2.11. The molecular formula is C16H21FN4. The summed E-state index contributed by atoms with van der Waals surface area (Å²) in [5.74, 6) is 1.52. The van der Waals surface area contributed by atoms with Gasteiger partial charge >= 0.3 is 0 Å². The molecule has 1 aromatic heterocycles. The largest absolute Gasteiger partial charge is 0.373 e. The van der Waals surface area contributed by atoms with E-state index in [0.717, 1.165) is 42.0 Å². The summed E-state index contributed by atoms with van der Waals surface area (Å²) >= 11 is 0. The van der Waals surface area contributed by atoms with Crippen molar-refractivity contribution in [3.8, 4) is 0 Å². The number of anilines is 2. The van der Waals surface area contributed by atoms with Gasteiger partial charge in [0.1, 0.15) is 23.8 Å². The third-order valence-electron chi connectivity index (χ3n) is 3.28. The summed E-state index contributed by atoms with van der Waals surface area (Å²) in [6, 6.07) is 6.68. The van der Waals surface area contributed by atoms with E-state index in [-0.39, 0.29) is 5.82 Å². The molecule has 0 amide bonds. The zero-order valence-electron chi connectivity index (χ0n) is 12.5. The molecule has 0 fully saturated rings. The fraction of sp³-hybridized carbons (Fsp3) is 0.375. The summed E-state index contributed by atoms with van der Waals surface area (Å²) in [4.78, 5) is 8.56. The first-order valence-electron chi connectivity index (χ1n) is 7.24. The first kappa shape index (κ1) is 15.2. The summed E-state index contributed by atoms with van der Waals surface area (Å²) < 4.78 is 13.1. The molecule has 0 radical (unpaired) electrons. The Kier molecular flexibility index (Phi) is 5.49. The van der Waals surface area contributed by atoms with Crippen molar-refractivity contribution in [3.05, 3.63) is 47.5 Å². The van der Waals surface area contributed by atoms with Crippen LogP contribution in [0.1, 0.15) is 24.5 Å². The molecule has 0 aliphatic heterocycles. The molecule has 0 aliphatic rings. The molecule has 1 aromatic carbocycles. The Balaban J connectivity index is 2.02. The summed E-state index contributed by atoms with van der Waals surface area (Å²) in [6.45, 7) is 2.84. The Bertz CT molecular complexity index is 586. The van der Waals surface area contributed by atoms with E-state index in [4.69, 9.17) is 0 Å². The van der Waals surface area contributed by atoms with Gasteiger partial charge in [-0.25, -0.2) is 14.4 Å². The van der Waals surface area contributed by atoms with Crippen LogP contribution in [-0.2, 0) is 12.8 Å². The molecule has 0 bridgehead atoms. The smallest absolute Gasteiger partial charge is 0.134 e. The van der Waals surface area contributed by atoms with Gasteiger partial charge in [0, 0.05) is 19.2 Å². The van der Waals surface area contributed by atoms with Gasteiger partial charge in [-0.15, -0.1) is 0 Å². The highest BCUT2D eigenvalue weighted by molar-refractivity contribution is 5.57. The van der Waals surface area contributed by atoms with Crippen LogP contribution in [-0.4, -0.2) is 23.6 Å². The van der Waals surface area contributed by atoms with Crippen molar-refractivity contribution in [2.75, 3.05) is 24.2 Å². The first-order chi connectivity index (χ1) is 10.2. The van der Waals surface area contributed by atoms with Crippen molar-refractivity contribution in [1.29, 1.82) is 0 Å². The molecule has 2 N–H and O–H groups in total. The molecule has 5 heteroatoms. The Morgan fingerprint density at radius 3 is 2.67 bits per heavy atom. The Morgan fingerprint density at radius 2 is 1.95 bits per heavy atom. The van der Waals surface area contributed by atoms with Crippen molar-refractivity contribution in [2.24, 2.45) is 0 Å². The molecule has 0 spiro atoms. The van der Waals surface area contributed by atoms with Crippen LogP contribution in [0.25, 0.3) is 0 Å². The number of halogens is 1. The molecule has 1 heterocycles. The van der Waals surface area contributed by atoms with Crippen LogP contribution in [0.3, 0.4) is 0 Å². The normalized spacial score (nSPS) is 10.4. The van der Waals surface area contributed by atoms with E-state index in [1.807, 2.05) is 13.1 Å². The predicted octanol–water partition coefficient (Wildman–Crippen LogP) is 3.26. The lowest BCUT2D eigenvalue weighted by atomic mass is 10.1. The lowest BCUT2D eigenvalue weighted by molar-refractivity contribution is 0.625. The van der Waals surface area contributed by atoms with E-state index in [2.05, 4.69) is 27.5 Å². The zero-order chi connectivity index (χ0) is 15.1. The Hall–Kier alpha value is -2.17. The van der Waals surface area contributed by atoms with E-state index < -0.39 is 0 Å². The van der Waals surface area contributed by atoms with Gasteiger partial charge in [0.25, 0.3) is 0 Å². The van der Waals surface area contributed by atoms with Crippen LogP contribution in [0.4, 0.5) is 16.0 Å². The maximum absolute atomic E-state index is 13.1. The highest BCUT2D eigenvalue weighted by atomic mass is 19.1. The van der Waals surface area contributed by atoms with Gasteiger partial charge in [-0.05, 0) is 30.5 Å². The van der Waals surface area contributed by atoms with Crippen LogP contribution < -0.4 is 10.6 Å². The lowest BCUT2D eigenvalue weighted by Gasteiger charge is -2.13. The Labute approximate surface area is 124 Å². The van der Waals surface area contributed by atoms with Crippen LogP contribution in [0.2, 0.25) is 0 Å². The second-order valence-electron chi connectivity index (χ2n) is 4.86. The second-order valence-corrected chi connectivity index (χ2v) is 4.86. The molecule has 0 saturated carbocycles. The minimum absolute atomic E-state index is 0.196. The number of nitrogens with one attached hydrogen (secondary N) is 2. The quantitative estimate of drug-likeness (QED) is 0.821. The zero-order valence-corrected chi connectivity index (χ0v) is 12.5. The van der Waals surface area contributed by atoms with Gasteiger partial charge in [-0.2, -0.15) is 0 Å². The summed E-state index contributed by atoms with van der Waals surface area (Å²) in [5.41, 5.74) is 2.07. The molecule has 0 saturated heterocycles. The first-order valence-corrected chi connectivity index (χ1v) is 7.24. The van der Waals surface area contributed by atoms with Gasteiger partial charge in [0.2, 0.25) is 0 Å². The fourth-order valence-electron chi connectivity index (χ4n) is 2.28. The van der Waals surface area contributed by atoms with Gasteiger partial charge < -0.3 is 10.6 Å². The van der Waals surface area contributed by atoms with Gasteiger partial charge in [0.05, 0.1) is 0 Å². The predicted molar refractivity (Wildman–Crippen MR) is 84.2 cm³/mol. The van der Waals surface area contributed by atoms with Crippen molar-refractivity contribution in [3.63, 3.8) is 0 Å². The Morgan fingerprint density at radius 1 is 1.14 bits per heavy atom. The van der Waals surface area contributed by atoms with Gasteiger partial charge in [-0.3, -0.25) is 0 Å². The van der Waals surface area contributed by atoms with Crippen LogP contribution in [0, 0.1) is 5.82 Å². The maximum atomic E-state index is 13.1. The maximum Gasteiger partial charge on any atom is 0.134 e. The number of hydrogen-bond acceptors (Lipinski definition) is 4. The van der Waals surface area contributed by atoms with E-state index in [0.29, 0.717) is 6.54 Å². The number of hydrogen-bond donors (Lipinski definition) is 2. The minimum atomic E-state index is -0.196. The monoisotopic (exact) mass is 288 g/mol. The molecule has 0 unspecified atom stereocenters. The summed E-state index contributed by atoms with van der Waals surface area (Å²) in [5, 5.41) is 6.42. The summed E-state index contributed by atoms with van der Waals surface area (Å²) in [6.07, 6.45) is 4.25. The summed E-state index contributed by atoms with van der Waals surface area (Å²) in [7, 11) is 1.86. The third kappa shape index (κ3) is 4.15. The number of aromatic nitrogens is 2. The molecule has 0 atom stereocenters. The molecular weight excluding hydrogens is 267 g/mol. The van der Waals surface area contributed by atoms with Crippen molar-refractivity contribution >= 4 is 11.6 Å². The second kappa shape index (κ2) is 7.57. The minimum Gasteiger partial charge on any atom is -0.373 e. The molecule has 0 aliphatic carbocycles.